The van der Waals surface area contributed by atoms with E-state index in [1.54, 1.807) is 0 Å². The lowest BCUT2D eigenvalue weighted by atomic mass is 9.95. The second-order valence-electron chi connectivity index (χ2n) is 6.49. The van der Waals surface area contributed by atoms with Gasteiger partial charge in [-0.1, -0.05) is 25.1 Å². The third-order valence-corrected chi connectivity index (χ3v) is 4.88. The van der Waals surface area contributed by atoms with Crippen LogP contribution in [-0.4, -0.2) is 64.2 Å². The first-order chi connectivity index (χ1) is 12.1. The molecule has 1 N–H and O–H groups in total. The van der Waals surface area contributed by atoms with Crippen LogP contribution in [0.2, 0.25) is 0 Å². The second kappa shape index (κ2) is 7.76. The van der Waals surface area contributed by atoms with E-state index in [0.29, 0.717) is 12.2 Å². The summed E-state index contributed by atoms with van der Waals surface area (Å²) in [7, 11) is 0. The fourth-order valence-corrected chi connectivity index (χ4v) is 2.98. The lowest BCUT2D eigenvalue weighted by Crippen LogP contribution is -2.56. The summed E-state index contributed by atoms with van der Waals surface area (Å²) < 4.78 is 5.43. The number of benzene rings is 1. The molecule has 1 saturated heterocycles. The maximum Gasteiger partial charge on any atom is 0.273 e. The van der Waals surface area contributed by atoms with Crippen molar-refractivity contribution in [2.45, 2.75) is 25.8 Å². The van der Waals surface area contributed by atoms with Gasteiger partial charge in [0.25, 0.3) is 5.91 Å². The van der Waals surface area contributed by atoms with Gasteiger partial charge in [-0.25, -0.2) is 0 Å². The summed E-state index contributed by atoms with van der Waals surface area (Å²) >= 11 is 0. The van der Waals surface area contributed by atoms with E-state index in [9.17, 15) is 4.79 Å². The highest BCUT2D eigenvalue weighted by atomic mass is 16.5. The smallest absolute Gasteiger partial charge is 0.273 e. The molecule has 1 atom stereocenters. The molecule has 0 radical (unpaired) electrons. The van der Waals surface area contributed by atoms with Crippen molar-refractivity contribution in [2.75, 3.05) is 32.8 Å². The fraction of sp³-hybridized carbons (Fsp3) is 0.500. The Morgan fingerprint density at radius 2 is 2.00 bits per heavy atom. The highest BCUT2D eigenvalue weighted by Crippen LogP contribution is 2.20. The van der Waals surface area contributed by atoms with Crippen molar-refractivity contribution in [3.05, 3.63) is 42.2 Å². The molecule has 2 heterocycles. The van der Waals surface area contributed by atoms with Gasteiger partial charge in [-0.3, -0.25) is 9.69 Å². The first-order valence-corrected chi connectivity index (χ1v) is 8.71. The van der Waals surface area contributed by atoms with Crippen LogP contribution >= 0.6 is 0 Å². The number of morpholine rings is 1. The van der Waals surface area contributed by atoms with Gasteiger partial charge in [0.05, 0.1) is 25.1 Å². The summed E-state index contributed by atoms with van der Waals surface area (Å²) in [5.41, 5.74) is 1.06. The molecule has 0 aliphatic carbocycles. The van der Waals surface area contributed by atoms with E-state index in [0.717, 1.165) is 38.4 Å². The van der Waals surface area contributed by atoms with E-state index in [2.05, 4.69) is 34.3 Å². The lowest BCUT2D eigenvalue weighted by Gasteiger charge is -2.42. The van der Waals surface area contributed by atoms with Gasteiger partial charge in [0, 0.05) is 25.2 Å². The first-order valence-electron chi connectivity index (χ1n) is 8.71. The number of hydrogen-bond acceptors (Lipinski definition) is 5. The Hall–Kier alpha value is -2.25. The number of para-hydroxylation sites is 1. The zero-order valence-electron chi connectivity index (χ0n) is 14.8. The minimum absolute atomic E-state index is 0.0884. The molecule has 7 heteroatoms. The van der Waals surface area contributed by atoms with Crippen molar-refractivity contribution in [1.82, 2.24) is 25.2 Å². The Balaban J connectivity index is 1.63. The molecule has 1 unspecified atom stereocenters. The summed E-state index contributed by atoms with van der Waals surface area (Å²) in [6.45, 7) is 8.17. The lowest BCUT2D eigenvalue weighted by molar-refractivity contribution is -0.0169. The summed E-state index contributed by atoms with van der Waals surface area (Å²) in [6.07, 6.45) is 2.45. The number of carbonyl (C=O) groups excluding carboxylic acids is 1. The molecular formula is C18H25N5O2. The topological polar surface area (TPSA) is 72.3 Å². The molecular weight excluding hydrogens is 318 g/mol. The molecule has 1 aliphatic rings. The quantitative estimate of drug-likeness (QED) is 0.860. The van der Waals surface area contributed by atoms with E-state index >= 15 is 0 Å². The number of rotatable bonds is 6. The van der Waals surface area contributed by atoms with Crippen LogP contribution in [0.25, 0.3) is 5.69 Å². The van der Waals surface area contributed by atoms with Crippen LogP contribution in [0.5, 0.6) is 0 Å². The molecule has 3 rings (SSSR count). The molecule has 1 amide bonds. The maximum absolute atomic E-state index is 12.5. The second-order valence-corrected chi connectivity index (χ2v) is 6.49. The minimum atomic E-state index is -0.199. The van der Waals surface area contributed by atoms with Crippen molar-refractivity contribution >= 4 is 5.91 Å². The van der Waals surface area contributed by atoms with Crippen molar-refractivity contribution in [2.24, 2.45) is 0 Å². The standard InChI is InChI=1S/C18H25N5O2/c1-3-18(2,22-9-11-25-12-10-22)14-19-17(24)16-13-20-23(21-16)15-7-5-4-6-8-15/h4-8,13H,3,9-12,14H2,1-2H3,(H,19,24). The van der Waals surface area contributed by atoms with Crippen LogP contribution in [0, 0.1) is 0 Å². The number of nitrogens with zero attached hydrogens (tertiary/aromatic N) is 4. The van der Waals surface area contributed by atoms with Crippen LogP contribution in [0.1, 0.15) is 30.8 Å². The maximum atomic E-state index is 12.5. The van der Waals surface area contributed by atoms with Crippen LogP contribution < -0.4 is 5.32 Å². The molecule has 1 aliphatic heterocycles. The highest BCUT2D eigenvalue weighted by Gasteiger charge is 2.32. The Morgan fingerprint density at radius 1 is 1.28 bits per heavy atom. The molecule has 134 valence electrons. The molecule has 0 saturated carbocycles. The number of carbonyl (C=O) groups is 1. The molecule has 1 aromatic carbocycles. The normalized spacial score (nSPS) is 17.8. The van der Waals surface area contributed by atoms with E-state index in [-0.39, 0.29) is 11.4 Å². The Labute approximate surface area is 148 Å². The Morgan fingerprint density at radius 3 is 2.68 bits per heavy atom. The largest absolute Gasteiger partial charge is 0.379 e. The van der Waals surface area contributed by atoms with Gasteiger partial charge < -0.3 is 10.1 Å². The van der Waals surface area contributed by atoms with Gasteiger partial charge in [-0.05, 0) is 25.5 Å². The molecule has 0 spiro atoms. The van der Waals surface area contributed by atoms with Crippen LogP contribution in [-0.2, 0) is 4.74 Å². The summed E-state index contributed by atoms with van der Waals surface area (Å²) in [5, 5.41) is 11.5. The predicted octanol–water partition coefficient (Wildman–Crippen LogP) is 1.50. The molecule has 7 nitrogen and oxygen atoms in total. The third-order valence-electron chi connectivity index (χ3n) is 4.88. The molecule has 0 bridgehead atoms. The number of aromatic nitrogens is 3. The highest BCUT2D eigenvalue weighted by molar-refractivity contribution is 5.91. The summed E-state index contributed by atoms with van der Waals surface area (Å²) in [6, 6.07) is 9.54. The van der Waals surface area contributed by atoms with E-state index in [1.807, 2.05) is 30.3 Å². The molecule has 1 fully saturated rings. The molecule has 25 heavy (non-hydrogen) atoms. The van der Waals surface area contributed by atoms with Crippen LogP contribution in [0.4, 0.5) is 0 Å². The number of amides is 1. The summed E-state index contributed by atoms with van der Waals surface area (Å²) in [4.78, 5) is 16.3. The number of hydrogen-bond donors (Lipinski definition) is 1. The fourth-order valence-electron chi connectivity index (χ4n) is 2.98. The van der Waals surface area contributed by atoms with Gasteiger partial charge in [-0.15, -0.1) is 5.10 Å². The van der Waals surface area contributed by atoms with Gasteiger partial charge in [0.2, 0.25) is 0 Å². The predicted molar refractivity (Wildman–Crippen MR) is 94.8 cm³/mol. The van der Waals surface area contributed by atoms with E-state index in [1.165, 1.54) is 11.0 Å². The minimum Gasteiger partial charge on any atom is -0.379 e. The molecule has 1 aromatic heterocycles. The average molecular weight is 343 g/mol. The van der Waals surface area contributed by atoms with Gasteiger partial charge >= 0.3 is 0 Å². The van der Waals surface area contributed by atoms with Gasteiger partial charge in [-0.2, -0.15) is 9.90 Å². The zero-order chi connectivity index (χ0) is 17.7. The zero-order valence-corrected chi connectivity index (χ0v) is 14.8. The third kappa shape index (κ3) is 4.05. The van der Waals surface area contributed by atoms with E-state index < -0.39 is 0 Å². The van der Waals surface area contributed by atoms with Gasteiger partial charge in [0.1, 0.15) is 0 Å². The Kier molecular flexibility index (Phi) is 5.45. The monoisotopic (exact) mass is 343 g/mol. The summed E-state index contributed by atoms with van der Waals surface area (Å²) in [5.74, 6) is -0.199. The number of ether oxygens (including phenoxy) is 1. The van der Waals surface area contributed by atoms with Crippen molar-refractivity contribution in [3.63, 3.8) is 0 Å². The van der Waals surface area contributed by atoms with Crippen molar-refractivity contribution in [3.8, 4) is 5.69 Å². The van der Waals surface area contributed by atoms with Gasteiger partial charge in [0.15, 0.2) is 5.69 Å². The SMILES string of the molecule is CCC(C)(CNC(=O)c1cnn(-c2ccccc2)n1)N1CCOCC1. The van der Waals surface area contributed by atoms with Crippen LogP contribution in [0.15, 0.2) is 36.5 Å². The number of nitrogens with one attached hydrogen (secondary N) is 1. The first kappa shape index (κ1) is 17.6. The van der Waals surface area contributed by atoms with Crippen LogP contribution in [0.3, 0.4) is 0 Å². The Bertz CT molecular complexity index is 697. The van der Waals surface area contributed by atoms with Crippen molar-refractivity contribution < 1.29 is 9.53 Å². The molecule has 2 aromatic rings. The van der Waals surface area contributed by atoms with Crippen molar-refractivity contribution in [1.29, 1.82) is 0 Å². The average Bonchev–Trinajstić information content (AvgIpc) is 3.17. The van der Waals surface area contributed by atoms with E-state index in [4.69, 9.17) is 4.74 Å².